The molecule has 0 saturated heterocycles. The van der Waals surface area contributed by atoms with Gasteiger partial charge in [-0.2, -0.15) is 0 Å². The molecule has 3 heteroatoms. The zero-order chi connectivity index (χ0) is 13.0. The van der Waals surface area contributed by atoms with Gasteiger partial charge in [0.15, 0.2) is 0 Å². The second kappa shape index (κ2) is 6.01. The van der Waals surface area contributed by atoms with Crippen molar-refractivity contribution < 1.29 is 4.79 Å². The van der Waals surface area contributed by atoms with Gasteiger partial charge in [-0.05, 0) is 42.5 Å². The van der Waals surface area contributed by atoms with Crippen molar-refractivity contribution in [3.63, 3.8) is 0 Å². The summed E-state index contributed by atoms with van der Waals surface area (Å²) in [5.74, 6) is 0.702. The molecular formula is C15H22N2O. The third kappa shape index (κ3) is 3.10. The number of carbonyl (C=O) groups excluding carboxylic acids is 1. The van der Waals surface area contributed by atoms with Crippen LogP contribution in [0.3, 0.4) is 0 Å². The minimum absolute atomic E-state index is 0.0781. The molecule has 1 aromatic rings. The predicted octanol–water partition coefficient (Wildman–Crippen LogP) is 2.11. The van der Waals surface area contributed by atoms with Crippen molar-refractivity contribution in [3.8, 4) is 0 Å². The van der Waals surface area contributed by atoms with E-state index in [4.69, 9.17) is 0 Å². The Bertz CT molecular complexity index is 427. The van der Waals surface area contributed by atoms with Gasteiger partial charge in [0.1, 0.15) is 0 Å². The highest BCUT2D eigenvalue weighted by Crippen LogP contribution is 2.18. The van der Waals surface area contributed by atoms with E-state index in [9.17, 15) is 4.79 Å². The quantitative estimate of drug-likeness (QED) is 0.854. The molecule has 98 valence electrons. The fourth-order valence-corrected chi connectivity index (χ4v) is 2.31. The van der Waals surface area contributed by atoms with Crippen LogP contribution < -0.4 is 10.6 Å². The maximum Gasteiger partial charge on any atom is 0.251 e. The molecule has 0 saturated carbocycles. The van der Waals surface area contributed by atoms with Crippen molar-refractivity contribution in [1.29, 1.82) is 0 Å². The first-order valence-electron chi connectivity index (χ1n) is 6.78. The molecule has 0 radical (unpaired) electrons. The molecule has 3 nitrogen and oxygen atoms in total. The lowest BCUT2D eigenvalue weighted by atomic mass is 9.95. The Kier molecular flexibility index (Phi) is 4.37. The van der Waals surface area contributed by atoms with Gasteiger partial charge in [0.05, 0.1) is 0 Å². The SMILES string of the molecule is CC(C)CCNC(=O)c1cccc2c1CCNC2. The Labute approximate surface area is 109 Å². The molecule has 1 aromatic carbocycles. The summed E-state index contributed by atoms with van der Waals surface area (Å²) < 4.78 is 0. The molecule has 1 aliphatic heterocycles. The fourth-order valence-electron chi connectivity index (χ4n) is 2.31. The van der Waals surface area contributed by atoms with Gasteiger partial charge in [-0.15, -0.1) is 0 Å². The summed E-state index contributed by atoms with van der Waals surface area (Å²) in [5.41, 5.74) is 3.34. The standard InChI is InChI=1S/C15H22N2O/c1-11(2)6-9-17-15(18)14-5-3-4-12-10-16-8-7-13(12)14/h3-5,11,16H,6-10H2,1-2H3,(H,17,18). The Hall–Kier alpha value is -1.35. The first kappa shape index (κ1) is 13.1. The summed E-state index contributed by atoms with van der Waals surface area (Å²) in [5, 5.41) is 6.35. The van der Waals surface area contributed by atoms with E-state index < -0.39 is 0 Å². The van der Waals surface area contributed by atoms with Gasteiger partial charge in [-0.3, -0.25) is 4.79 Å². The summed E-state index contributed by atoms with van der Waals surface area (Å²) in [4.78, 5) is 12.2. The van der Waals surface area contributed by atoms with Gasteiger partial charge >= 0.3 is 0 Å². The molecule has 0 aliphatic carbocycles. The number of hydrogen-bond donors (Lipinski definition) is 2. The molecule has 18 heavy (non-hydrogen) atoms. The van der Waals surface area contributed by atoms with E-state index in [2.05, 4.69) is 30.5 Å². The number of fused-ring (bicyclic) bond motifs is 1. The number of carbonyl (C=O) groups is 1. The molecular weight excluding hydrogens is 224 g/mol. The van der Waals surface area contributed by atoms with E-state index in [0.717, 1.165) is 38.0 Å². The second-order valence-electron chi connectivity index (χ2n) is 5.31. The van der Waals surface area contributed by atoms with E-state index in [1.807, 2.05) is 12.1 Å². The summed E-state index contributed by atoms with van der Waals surface area (Å²) in [6, 6.07) is 6.02. The summed E-state index contributed by atoms with van der Waals surface area (Å²) >= 11 is 0. The van der Waals surface area contributed by atoms with Gasteiger partial charge in [0, 0.05) is 18.7 Å². The summed E-state index contributed by atoms with van der Waals surface area (Å²) in [7, 11) is 0. The van der Waals surface area contributed by atoms with Crippen molar-refractivity contribution in [2.75, 3.05) is 13.1 Å². The van der Waals surface area contributed by atoms with Gasteiger partial charge < -0.3 is 10.6 Å². The third-order valence-electron chi connectivity index (χ3n) is 3.39. The van der Waals surface area contributed by atoms with Crippen LogP contribution >= 0.6 is 0 Å². The summed E-state index contributed by atoms with van der Waals surface area (Å²) in [6.07, 6.45) is 1.98. The van der Waals surface area contributed by atoms with E-state index >= 15 is 0 Å². The number of benzene rings is 1. The molecule has 2 N–H and O–H groups in total. The highest BCUT2D eigenvalue weighted by atomic mass is 16.1. The first-order valence-corrected chi connectivity index (χ1v) is 6.78. The van der Waals surface area contributed by atoms with Crippen LogP contribution in [0, 0.1) is 5.92 Å². The Morgan fingerprint density at radius 1 is 1.44 bits per heavy atom. The fraction of sp³-hybridized carbons (Fsp3) is 0.533. The minimum Gasteiger partial charge on any atom is -0.352 e. The lowest BCUT2D eigenvalue weighted by Crippen LogP contribution is -2.30. The van der Waals surface area contributed by atoms with E-state index in [-0.39, 0.29) is 5.91 Å². The van der Waals surface area contributed by atoms with Gasteiger partial charge in [0.25, 0.3) is 5.91 Å². The highest BCUT2D eigenvalue weighted by Gasteiger charge is 2.16. The molecule has 1 heterocycles. The average molecular weight is 246 g/mol. The van der Waals surface area contributed by atoms with Crippen LogP contribution in [0.2, 0.25) is 0 Å². The van der Waals surface area contributed by atoms with Gasteiger partial charge in [0.2, 0.25) is 0 Å². The Balaban J connectivity index is 2.06. The van der Waals surface area contributed by atoms with Crippen LogP contribution in [-0.4, -0.2) is 19.0 Å². The van der Waals surface area contributed by atoms with Crippen LogP contribution in [0.5, 0.6) is 0 Å². The van der Waals surface area contributed by atoms with E-state index in [0.29, 0.717) is 5.92 Å². The predicted molar refractivity (Wildman–Crippen MR) is 73.6 cm³/mol. The zero-order valence-corrected chi connectivity index (χ0v) is 11.3. The van der Waals surface area contributed by atoms with E-state index in [1.165, 1.54) is 11.1 Å². The molecule has 0 unspecified atom stereocenters. The van der Waals surface area contributed by atoms with Crippen LogP contribution in [0.25, 0.3) is 0 Å². The van der Waals surface area contributed by atoms with Crippen LogP contribution in [0.4, 0.5) is 0 Å². The lowest BCUT2D eigenvalue weighted by molar-refractivity contribution is 0.0951. The monoisotopic (exact) mass is 246 g/mol. The first-order chi connectivity index (χ1) is 8.68. The largest absolute Gasteiger partial charge is 0.352 e. The van der Waals surface area contributed by atoms with Gasteiger partial charge in [-0.1, -0.05) is 26.0 Å². The molecule has 0 fully saturated rings. The third-order valence-corrected chi connectivity index (χ3v) is 3.39. The second-order valence-corrected chi connectivity index (χ2v) is 5.31. The van der Waals surface area contributed by atoms with Crippen molar-refractivity contribution in [1.82, 2.24) is 10.6 Å². The number of nitrogens with one attached hydrogen (secondary N) is 2. The minimum atomic E-state index is 0.0781. The van der Waals surface area contributed by atoms with Crippen molar-refractivity contribution >= 4 is 5.91 Å². The van der Waals surface area contributed by atoms with Crippen molar-refractivity contribution in [2.24, 2.45) is 5.92 Å². The van der Waals surface area contributed by atoms with Crippen molar-refractivity contribution in [3.05, 3.63) is 34.9 Å². The van der Waals surface area contributed by atoms with Gasteiger partial charge in [-0.25, -0.2) is 0 Å². The smallest absolute Gasteiger partial charge is 0.251 e. The lowest BCUT2D eigenvalue weighted by Gasteiger charge is -2.20. The molecule has 2 rings (SSSR count). The molecule has 0 atom stereocenters. The normalized spacial score (nSPS) is 14.4. The van der Waals surface area contributed by atoms with Crippen molar-refractivity contribution in [2.45, 2.75) is 33.2 Å². The Morgan fingerprint density at radius 3 is 3.06 bits per heavy atom. The number of hydrogen-bond acceptors (Lipinski definition) is 2. The maximum atomic E-state index is 12.2. The topological polar surface area (TPSA) is 41.1 Å². The van der Waals surface area contributed by atoms with Crippen LogP contribution in [0.15, 0.2) is 18.2 Å². The highest BCUT2D eigenvalue weighted by molar-refractivity contribution is 5.96. The Morgan fingerprint density at radius 2 is 2.28 bits per heavy atom. The molecule has 0 spiro atoms. The number of rotatable bonds is 4. The maximum absolute atomic E-state index is 12.2. The zero-order valence-electron chi connectivity index (χ0n) is 11.3. The van der Waals surface area contributed by atoms with E-state index in [1.54, 1.807) is 0 Å². The van der Waals surface area contributed by atoms with Crippen LogP contribution in [-0.2, 0) is 13.0 Å². The average Bonchev–Trinajstić information content (AvgIpc) is 2.37. The molecule has 0 bridgehead atoms. The molecule has 1 amide bonds. The molecule has 1 aliphatic rings. The summed E-state index contributed by atoms with van der Waals surface area (Å²) in [6.45, 7) is 6.94. The number of amides is 1. The van der Waals surface area contributed by atoms with Crippen LogP contribution in [0.1, 0.15) is 41.8 Å². The molecule has 0 aromatic heterocycles.